The fraction of sp³-hybridized carbons (Fsp3) is 0.800. The van der Waals surface area contributed by atoms with E-state index in [1.807, 2.05) is 11.8 Å². The quantitative estimate of drug-likeness (QED) is 0.527. The molecule has 1 unspecified atom stereocenters. The Kier molecular flexibility index (Phi) is 5.29. The minimum Gasteiger partial charge on any atom is -0.312 e. The molecule has 0 aromatic rings. The molecule has 0 aliphatic carbocycles. The SMILES string of the molecule is C#CCSCCN1CCNC(C)C1. The third-order valence-corrected chi connectivity index (χ3v) is 3.03. The van der Waals surface area contributed by atoms with Crippen molar-refractivity contribution >= 4 is 11.8 Å². The Morgan fingerprint density at radius 1 is 1.69 bits per heavy atom. The smallest absolute Gasteiger partial charge is 0.0545 e. The van der Waals surface area contributed by atoms with Crippen LogP contribution in [0.5, 0.6) is 0 Å². The number of thioether (sulfide) groups is 1. The van der Waals surface area contributed by atoms with Gasteiger partial charge in [0.25, 0.3) is 0 Å². The van der Waals surface area contributed by atoms with Crippen LogP contribution in [0.25, 0.3) is 0 Å². The summed E-state index contributed by atoms with van der Waals surface area (Å²) >= 11 is 1.85. The van der Waals surface area contributed by atoms with Gasteiger partial charge in [0.2, 0.25) is 0 Å². The summed E-state index contributed by atoms with van der Waals surface area (Å²) in [4.78, 5) is 2.50. The molecular formula is C10H18N2S. The number of terminal acetylenes is 1. The Morgan fingerprint density at radius 2 is 2.54 bits per heavy atom. The summed E-state index contributed by atoms with van der Waals surface area (Å²) in [5.41, 5.74) is 0. The van der Waals surface area contributed by atoms with Gasteiger partial charge in [0.15, 0.2) is 0 Å². The van der Waals surface area contributed by atoms with Gasteiger partial charge in [-0.25, -0.2) is 0 Å². The lowest BCUT2D eigenvalue weighted by Gasteiger charge is -2.31. The van der Waals surface area contributed by atoms with Crippen LogP contribution >= 0.6 is 11.8 Å². The van der Waals surface area contributed by atoms with Crippen LogP contribution in [0.3, 0.4) is 0 Å². The predicted molar refractivity (Wildman–Crippen MR) is 60.1 cm³/mol. The van der Waals surface area contributed by atoms with Gasteiger partial charge in [-0.3, -0.25) is 4.90 Å². The molecule has 1 N–H and O–H groups in total. The monoisotopic (exact) mass is 198 g/mol. The maximum Gasteiger partial charge on any atom is 0.0545 e. The normalized spacial score (nSPS) is 24.2. The Labute approximate surface area is 85.4 Å². The van der Waals surface area contributed by atoms with E-state index in [2.05, 4.69) is 23.1 Å². The highest BCUT2D eigenvalue weighted by Crippen LogP contribution is 2.03. The second-order valence-corrected chi connectivity index (χ2v) is 4.52. The molecule has 0 amide bonds. The number of hydrogen-bond acceptors (Lipinski definition) is 3. The van der Waals surface area contributed by atoms with Gasteiger partial charge in [-0.05, 0) is 6.92 Å². The minimum atomic E-state index is 0.645. The third-order valence-electron chi connectivity index (χ3n) is 2.19. The summed E-state index contributed by atoms with van der Waals surface area (Å²) in [7, 11) is 0. The van der Waals surface area contributed by atoms with E-state index in [4.69, 9.17) is 6.42 Å². The van der Waals surface area contributed by atoms with Gasteiger partial charge in [-0.2, -0.15) is 0 Å². The Hall–Kier alpha value is -0.170. The molecule has 74 valence electrons. The summed E-state index contributed by atoms with van der Waals surface area (Å²) < 4.78 is 0. The Morgan fingerprint density at radius 3 is 3.23 bits per heavy atom. The average molecular weight is 198 g/mol. The van der Waals surface area contributed by atoms with Crippen molar-refractivity contribution in [2.75, 3.05) is 37.7 Å². The molecule has 1 saturated heterocycles. The first-order valence-electron chi connectivity index (χ1n) is 4.80. The van der Waals surface area contributed by atoms with Crippen LogP contribution in [-0.4, -0.2) is 48.6 Å². The number of nitrogens with one attached hydrogen (secondary N) is 1. The molecule has 0 radical (unpaired) electrons. The highest BCUT2D eigenvalue weighted by molar-refractivity contribution is 7.99. The molecule has 3 heteroatoms. The van der Waals surface area contributed by atoms with Crippen LogP contribution in [0.4, 0.5) is 0 Å². The second kappa shape index (κ2) is 6.31. The number of hydrogen-bond donors (Lipinski definition) is 1. The molecule has 0 aromatic heterocycles. The molecule has 0 saturated carbocycles. The molecule has 1 fully saturated rings. The van der Waals surface area contributed by atoms with Gasteiger partial charge >= 0.3 is 0 Å². The first kappa shape index (κ1) is 10.9. The molecule has 1 rings (SSSR count). The van der Waals surface area contributed by atoms with E-state index < -0.39 is 0 Å². The third kappa shape index (κ3) is 4.56. The van der Waals surface area contributed by atoms with Gasteiger partial charge in [-0.1, -0.05) is 5.92 Å². The summed E-state index contributed by atoms with van der Waals surface area (Å²) in [5.74, 6) is 4.66. The van der Waals surface area contributed by atoms with Crippen molar-refractivity contribution in [3.8, 4) is 12.3 Å². The Balaban J connectivity index is 2.04. The van der Waals surface area contributed by atoms with Crippen LogP contribution in [0.1, 0.15) is 6.92 Å². The largest absolute Gasteiger partial charge is 0.312 e. The minimum absolute atomic E-state index is 0.645. The summed E-state index contributed by atoms with van der Waals surface area (Å²) in [5, 5.41) is 3.43. The summed E-state index contributed by atoms with van der Waals surface area (Å²) in [6, 6.07) is 0.645. The maximum atomic E-state index is 5.18. The molecule has 1 aliphatic heterocycles. The highest BCUT2D eigenvalue weighted by atomic mass is 32.2. The van der Waals surface area contributed by atoms with E-state index in [0.29, 0.717) is 6.04 Å². The number of piperazine rings is 1. The standard InChI is InChI=1S/C10H18N2S/c1-3-7-13-8-6-12-5-4-11-10(2)9-12/h1,10-11H,4-9H2,2H3. The van der Waals surface area contributed by atoms with Gasteiger partial charge in [0.1, 0.15) is 0 Å². The lowest BCUT2D eigenvalue weighted by Crippen LogP contribution is -2.49. The van der Waals surface area contributed by atoms with Crippen molar-refractivity contribution in [3.05, 3.63) is 0 Å². The van der Waals surface area contributed by atoms with Crippen molar-refractivity contribution in [1.82, 2.24) is 10.2 Å². The van der Waals surface area contributed by atoms with E-state index in [1.54, 1.807) is 0 Å². The van der Waals surface area contributed by atoms with Crippen LogP contribution < -0.4 is 5.32 Å². The molecule has 0 aromatic carbocycles. The molecule has 13 heavy (non-hydrogen) atoms. The van der Waals surface area contributed by atoms with E-state index in [0.717, 1.165) is 18.1 Å². The molecule has 0 bridgehead atoms. The highest BCUT2D eigenvalue weighted by Gasteiger charge is 2.14. The molecule has 1 aliphatic rings. The van der Waals surface area contributed by atoms with Crippen molar-refractivity contribution < 1.29 is 0 Å². The van der Waals surface area contributed by atoms with E-state index in [9.17, 15) is 0 Å². The average Bonchev–Trinajstić information content (AvgIpc) is 2.13. The summed E-state index contributed by atoms with van der Waals surface area (Å²) in [6.45, 7) is 6.90. The topological polar surface area (TPSA) is 15.3 Å². The second-order valence-electron chi connectivity index (χ2n) is 3.41. The van der Waals surface area contributed by atoms with Crippen LogP contribution in [0, 0.1) is 12.3 Å². The zero-order chi connectivity index (χ0) is 9.52. The zero-order valence-corrected chi connectivity index (χ0v) is 9.07. The molecule has 1 heterocycles. The van der Waals surface area contributed by atoms with Gasteiger partial charge in [0.05, 0.1) is 5.75 Å². The van der Waals surface area contributed by atoms with Crippen molar-refractivity contribution in [1.29, 1.82) is 0 Å². The molecule has 0 spiro atoms. The van der Waals surface area contributed by atoms with E-state index in [-0.39, 0.29) is 0 Å². The van der Waals surface area contributed by atoms with Crippen LogP contribution in [0.15, 0.2) is 0 Å². The lowest BCUT2D eigenvalue weighted by atomic mass is 10.2. The van der Waals surface area contributed by atoms with E-state index >= 15 is 0 Å². The molecule has 2 nitrogen and oxygen atoms in total. The van der Waals surface area contributed by atoms with Gasteiger partial charge in [0, 0.05) is 38.0 Å². The van der Waals surface area contributed by atoms with Gasteiger partial charge < -0.3 is 5.32 Å². The number of rotatable bonds is 4. The molecular weight excluding hydrogens is 180 g/mol. The van der Waals surface area contributed by atoms with Crippen LogP contribution in [0.2, 0.25) is 0 Å². The lowest BCUT2D eigenvalue weighted by molar-refractivity contribution is 0.218. The van der Waals surface area contributed by atoms with E-state index in [1.165, 1.54) is 19.6 Å². The first-order chi connectivity index (χ1) is 6.33. The Bertz CT molecular complexity index is 176. The van der Waals surface area contributed by atoms with Crippen molar-refractivity contribution in [2.24, 2.45) is 0 Å². The molecule has 1 atom stereocenters. The zero-order valence-electron chi connectivity index (χ0n) is 8.25. The predicted octanol–water partition coefficient (Wildman–Crippen LogP) is 0.646. The van der Waals surface area contributed by atoms with Crippen LogP contribution in [-0.2, 0) is 0 Å². The maximum absolute atomic E-state index is 5.18. The van der Waals surface area contributed by atoms with Crippen molar-refractivity contribution in [3.63, 3.8) is 0 Å². The first-order valence-corrected chi connectivity index (χ1v) is 5.95. The summed E-state index contributed by atoms with van der Waals surface area (Å²) in [6.07, 6.45) is 5.18. The number of nitrogens with zero attached hydrogens (tertiary/aromatic N) is 1. The fourth-order valence-corrected chi connectivity index (χ4v) is 2.19. The van der Waals surface area contributed by atoms with Crippen molar-refractivity contribution in [2.45, 2.75) is 13.0 Å². The fourth-order valence-electron chi connectivity index (χ4n) is 1.54. The van der Waals surface area contributed by atoms with Gasteiger partial charge in [-0.15, -0.1) is 18.2 Å².